The van der Waals surface area contributed by atoms with E-state index < -0.39 is 29.8 Å². The average Bonchev–Trinajstić information content (AvgIpc) is 2.79. The van der Waals surface area contributed by atoms with Crippen LogP contribution in [0.4, 0.5) is 0 Å². The summed E-state index contributed by atoms with van der Waals surface area (Å²) in [5.74, 6) is 19.9. The summed E-state index contributed by atoms with van der Waals surface area (Å²) in [7, 11) is 0. The summed E-state index contributed by atoms with van der Waals surface area (Å²) < 4.78 is 0. The Labute approximate surface area is 182 Å². The number of rotatable bonds is 16. The highest BCUT2D eigenvalue weighted by Crippen LogP contribution is 1.99. The smallest absolute Gasteiger partial charge is 0.338 e. The molecule has 0 aromatic rings. The summed E-state index contributed by atoms with van der Waals surface area (Å²) in [5, 5.41) is 0. The molecule has 10 N–H and O–H groups in total. The molecule has 0 atom stereocenters. The van der Waals surface area contributed by atoms with Gasteiger partial charge in [0.05, 0.1) is 32.7 Å². The first kappa shape index (κ1) is 29.0. The lowest BCUT2D eigenvalue weighted by atomic mass is 10.3. The van der Waals surface area contributed by atoms with Crippen molar-refractivity contribution in [2.45, 2.75) is 0 Å². The maximum absolute atomic E-state index is 11.6. The normalized spacial score (nSPS) is 10.8. The van der Waals surface area contributed by atoms with Gasteiger partial charge in [-0.25, -0.2) is 24.0 Å². The first-order valence-corrected chi connectivity index (χ1v) is 8.83. The van der Waals surface area contributed by atoms with Crippen molar-refractivity contribution in [3.8, 4) is 0 Å². The largest absolute Gasteiger partial charge is 0.372 e. The Hall–Kier alpha value is -2.97. The van der Waals surface area contributed by atoms with Crippen molar-refractivity contribution >= 4 is 29.8 Å². The Morgan fingerprint density at radius 1 is 0.406 bits per heavy atom. The molecule has 0 saturated heterocycles. The topological polar surface area (TPSA) is 271 Å². The van der Waals surface area contributed by atoms with Crippen molar-refractivity contribution in [3.63, 3.8) is 0 Å². The van der Waals surface area contributed by atoms with Gasteiger partial charge < -0.3 is 24.2 Å². The fourth-order valence-electron chi connectivity index (χ4n) is 2.36. The predicted octanol–water partition coefficient (Wildman–Crippen LogP) is -6.02. The van der Waals surface area contributed by atoms with Crippen LogP contribution in [-0.2, 0) is 48.2 Å². The molecule has 0 aromatic heterocycles. The number of hydrogen-bond donors (Lipinski definition) is 5. The van der Waals surface area contributed by atoms with Gasteiger partial charge in [0.15, 0.2) is 0 Å². The highest BCUT2D eigenvalue weighted by Gasteiger charge is 2.21. The Bertz CT molecular complexity index is 557. The Kier molecular flexibility index (Phi) is 15.1. The Morgan fingerprint density at radius 3 is 0.812 bits per heavy atom. The summed E-state index contributed by atoms with van der Waals surface area (Å²) in [5.41, 5.74) is 0. The molecule has 0 aliphatic carbocycles. The van der Waals surface area contributed by atoms with Gasteiger partial charge in [0.1, 0.15) is 0 Å². The second-order valence-electron chi connectivity index (χ2n) is 6.15. The molecule has 32 heavy (non-hydrogen) atoms. The molecule has 0 aliphatic rings. The summed E-state index contributed by atoms with van der Waals surface area (Å²) in [6, 6.07) is 0. The van der Waals surface area contributed by atoms with Gasteiger partial charge in [-0.15, -0.1) is 0 Å². The van der Waals surface area contributed by atoms with Crippen molar-refractivity contribution < 1.29 is 48.2 Å². The van der Waals surface area contributed by atoms with Gasteiger partial charge >= 0.3 is 29.8 Å². The van der Waals surface area contributed by atoms with E-state index >= 15 is 0 Å². The maximum atomic E-state index is 11.6. The molecule has 0 aromatic carbocycles. The zero-order valence-corrected chi connectivity index (χ0v) is 17.2. The van der Waals surface area contributed by atoms with E-state index in [0.29, 0.717) is 0 Å². The minimum absolute atomic E-state index is 0.0394. The lowest BCUT2D eigenvalue weighted by Gasteiger charge is -2.27. The summed E-state index contributed by atoms with van der Waals surface area (Å²) in [6.07, 6.45) is 0. The van der Waals surface area contributed by atoms with Gasteiger partial charge in [0.2, 0.25) is 0 Å². The Balaban J connectivity index is 5.18. The van der Waals surface area contributed by atoms with Gasteiger partial charge in [0.25, 0.3) is 0 Å². The third-order valence-electron chi connectivity index (χ3n) is 3.89. The van der Waals surface area contributed by atoms with Gasteiger partial charge in [-0.1, -0.05) is 0 Å². The van der Waals surface area contributed by atoms with Crippen LogP contribution in [0.2, 0.25) is 0 Å². The van der Waals surface area contributed by atoms with E-state index in [4.69, 9.17) is 29.5 Å². The highest BCUT2D eigenvalue weighted by atomic mass is 16.7. The van der Waals surface area contributed by atoms with Crippen LogP contribution in [-0.4, -0.2) is 103 Å². The van der Waals surface area contributed by atoms with Gasteiger partial charge in [-0.2, -0.15) is 29.5 Å². The SMILES string of the molecule is NOC(=O)CN(CCN(CC(=O)ON)CC(=O)ON)CCN(CC(=O)ON)CC(=O)ON. The lowest BCUT2D eigenvalue weighted by Crippen LogP contribution is -2.46. The molecular formula is C14H28N8O10. The van der Waals surface area contributed by atoms with E-state index in [9.17, 15) is 24.0 Å². The molecule has 0 aliphatic heterocycles. The van der Waals surface area contributed by atoms with Crippen molar-refractivity contribution in [1.82, 2.24) is 14.7 Å². The molecule has 0 heterocycles. The van der Waals surface area contributed by atoms with E-state index in [0.717, 1.165) is 0 Å². The molecular weight excluding hydrogens is 440 g/mol. The predicted molar refractivity (Wildman–Crippen MR) is 101 cm³/mol. The highest BCUT2D eigenvalue weighted by molar-refractivity contribution is 5.75. The third-order valence-corrected chi connectivity index (χ3v) is 3.89. The van der Waals surface area contributed by atoms with Crippen molar-refractivity contribution in [2.75, 3.05) is 58.9 Å². The van der Waals surface area contributed by atoms with Crippen molar-refractivity contribution in [1.29, 1.82) is 0 Å². The number of carbonyl (C=O) groups excluding carboxylic acids is 5. The molecule has 184 valence electrons. The van der Waals surface area contributed by atoms with Gasteiger partial charge in [-0.05, 0) is 0 Å². The molecule has 0 radical (unpaired) electrons. The molecule has 18 heteroatoms. The Morgan fingerprint density at radius 2 is 0.594 bits per heavy atom. The molecule has 0 bridgehead atoms. The molecule has 18 nitrogen and oxygen atoms in total. The fourth-order valence-corrected chi connectivity index (χ4v) is 2.36. The standard InChI is InChI=1S/C14H28N8O10/c15-28-10(23)5-20(1-3-21(6-11(24)29-16)7-12(25)30-17)2-4-22(8-13(26)31-18)9-14(27)32-19/h1-9,15-19H2. The first-order valence-electron chi connectivity index (χ1n) is 8.83. The van der Waals surface area contributed by atoms with Crippen LogP contribution >= 0.6 is 0 Å². The molecule has 0 fully saturated rings. The summed E-state index contributed by atoms with van der Waals surface area (Å²) >= 11 is 0. The van der Waals surface area contributed by atoms with E-state index in [1.54, 1.807) is 0 Å². The zero-order chi connectivity index (χ0) is 24.5. The zero-order valence-electron chi connectivity index (χ0n) is 17.2. The molecule has 0 amide bonds. The van der Waals surface area contributed by atoms with Crippen LogP contribution in [0.1, 0.15) is 0 Å². The average molecular weight is 468 g/mol. The summed E-state index contributed by atoms with van der Waals surface area (Å²) in [6.45, 7) is -1.56. The minimum Gasteiger partial charge on any atom is -0.372 e. The second-order valence-corrected chi connectivity index (χ2v) is 6.15. The second kappa shape index (κ2) is 16.7. The van der Waals surface area contributed by atoms with Crippen molar-refractivity contribution in [2.24, 2.45) is 29.5 Å². The van der Waals surface area contributed by atoms with Crippen LogP contribution < -0.4 is 29.5 Å². The summed E-state index contributed by atoms with van der Waals surface area (Å²) in [4.78, 5) is 82.0. The molecule has 0 spiro atoms. The van der Waals surface area contributed by atoms with Crippen LogP contribution in [0, 0.1) is 0 Å². The van der Waals surface area contributed by atoms with Crippen LogP contribution in [0.25, 0.3) is 0 Å². The number of nitrogens with two attached hydrogens (primary N) is 5. The fraction of sp³-hybridized carbons (Fsp3) is 0.643. The number of hydrogen-bond acceptors (Lipinski definition) is 18. The van der Waals surface area contributed by atoms with Crippen LogP contribution in [0.15, 0.2) is 0 Å². The van der Waals surface area contributed by atoms with E-state index in [2.05, 4.69) is 24.2 Å². The molecule has 0 rings (SSSR count). The minimum atomic E-state index is -0.838. The maximum Gasteiger partial charge on any atom is 0.338 e. The first-order chi connectivity index (χ1) is 15.2. The number of nitrogens with zero attached hydrogens (tertiary/aromatic N) is 3. The quantitative estimate of drug-likeness (QED) is 0.132. The van der Waals surface area contributed by atoms with Gasteiger partial charge in [0, 0.05) is 26.2 Å². The van der Waals surface area contributed by atoms with Crippen LogP contribution in [0.5, 0.6) is 0 Å². The van der Waals surface area contributed by atoms with Crippen LogP contribution in [0.3, 0.4) is 0 Å². The monoisotopic (exact) mass is 468 g/mol. The molecule has 0 saturated carbocycles. The van der Waals surface area contributed by atoms with Gasteiger partial charge in [-0.3, -0.25) is 14.7 Å². The van der Waals surface area contributed by atoms with E-state index in [1.165, 1.54) is 14.7 Å². The van der Waals surface area contributed by atoms with E-state index in [-0.39, 0.29) is 58.9 Å². The number of carbonyl (C=O) groups is 5. The molecule has 0 unspecified atom stereocenters. The van der Waals surface area contributed by atoms with E-state index in [1.807, 2.05) is 0 Å². The lowest BCUT2D eigenvalue weighted by molar-refractivity contribution is -0.150. The third kappa shape index (κ3) is 13.4. The van der Waals surface area contributed by atoms with Crippen molar-refractivity contribution in [3.05, 3.63) is 0 Å².